The molecule has 1 saturated carbocycles. The van der Waals surface area contributed by atoms with E-state index >= 15 is 0 Å². The molecule has 0 radical (unpaired) electrons. The van der Waals surface area contributed by atoms with Crippen molar-refractivity contribution in [1.29, 1.82) is 0 Å². The van der Waals surface area contributed by atoms with Crippen LogP contribution in [-0.2, 0) is 14.8 Å². The Kier molecular flexibility index (Phi) is 12.6. The van der Waals surface area contributed by atoms with E-state index in [0.717, 1.165) is 94.7 Å². The van der Waals surface area contributed by atoms with Gasteiger partial charge in [-0.05, 0) is 91.8 Å². The molecule has 15 heteroatoms. The number of anilines is 1. The van der Waals surface area contributed by atoms with Crippen molar-refractivity contribution in [3.63, 3.8) is 0 Å². The van der Waals surface area contributed by atoms with E-state index in [9.17, 15) is 13.2 Å². The van der Waals surface area contributed by atoms with Gasteiger partial charge in [0.2, 0.25) is 5.88 Å². The number of aromatic nitrogens is 1. The molecule has 12 nitrogen and oxygen atoms in total. The molecule has 8 rings (SSSR count). The Morgan fingerprint density at radius 3 is 2.62 bits per heavy atom. The summed E-state index contributed by atoms with van der Waals surface area (Å²) in [6.45, 7) is 11.4. The van der Waals surface area contributed by atoms with E-state index < -0.39 is 15.9 Å². The Labute approximate surface area is 352 Å². The zero-order valence-corrected chi connectivity index (χ0v) is 35.6. The molecule has 1 aromatic heterocycles. The summed E-state index contributed by atoms with van der Waals surface area (Å²) >= 11 is 12.7. The van der Waals surface area contributed by atoms with Gasteiger partial charge in [-0.25, -0.2) is 18.1 Å². The van der Waals surface area contributed by atoms with Gasteiger partial charge < -0.3 is 19.1 Å². The third-order valence-corrected chi connectivity index (χ3v) is 14.3. The summed E-state index contributed by atoms with van der Waals surface area (Å²) in [5.41, 5.74) is 12.2. The highest BCUT2D eigenvalue weighted by atomic mass is 35.5. The standard InChI is InChI=1S/C43H54Cl2N6O6S/c1-43(2)14-12-30(35(22-43)29-6-8-31(44)9-7-29)25-50-15-17-51(18-16-50)32-10-11-34(40(20-32)57-39-5-3-4-38-36(39)24-47-48-38)41(52)49-58(53,54)33-21-37(45)42(46-23-33)56-27-28-13-19-55-26-28/h6-11,20-21,23,28,36,38-39,47-48H,3-5,12-19,22,24-27H2,1-2H3,(H,49,52). The summed E-state index contributed by atoms with van der Waals surface area (Å²) in [7, 11) is -4.34. The molecule has 1 amide bonds. The Balaban J connectivity index is 0.979. The number of hydrogen-bond donors (Lipinski definition) is 3. The number of pyridine rings is 1. The second kappa shape index (κ2) is 17.7. The van der Waals surface area contributed by atoms with Gasteiger partial charge in [-0.2, -0.15) is 0 Å². The van der Waals surface area contributed by atoms with Crippen LogP contribution in [0.15, 0.2) is 65.2 Å². The third kappa shape index (κ3) is 9.62. The fourth-order valence-corrected chi connectivity index (χ4v) is 10.3. The van der Waals surface area contributed by atoms with Crippen molar-refractivity contribution >= 4 is 50.4 Å². The van der Waals surface area contributed by atoms with E-state index in [2.05, 4.69) is 56.3 Å². The lowest BCUT2D eigenvalue weighted by Crippen LogP contribution is -2.47. The van der Waals surface area contributed by atoms with Crippen molar-refractivity contribution in [2.24, 2.45) is 17.3 Å². The summed E-state index contributed by atoms with van der Waals surface area (Å²) < 4.78 is 47.2. The maximum atomic E-state index is 13.9. The second-order valence-corrected chi connectivity index (χ2v) is 19.7. The lowest BCUT2D eigenvalue weighted by Gasteiger charge is -2.39. The van der Waals surface area contributed by atoms with Crippen molar-refractivity contribution in [1.82, 2.24) is 25.5 Å². The first-order valence-electron chi connectivity index (χ1n) is 20.6. The Morgan fingerprint density at radius 2 is 1.86 bits per heavy atom. The molecule has 3 aliphatic heterocycles. The number of carbonyl (C=O) groups is 1. The highest BCUT2D eigenvalue weighted by molar-refractivity contribution is 7.90. The number of hydrazine groups is 1. The van der Waals surface area contributed by atoms with Gasteiger partial charge in [0.1, 0.15) is 21.8 Å². The van der Waals surface area contributed by atoms with Crippen molar-refractivity contribution in [3.8, 4) is 11.6 Å². The summed E-state index contributed by atoms with van der Waals surface area (Å²) in [5.74, 6) is 0.141. The van der Waals surface area contributed by atoms with E-state index in [0.29, 0.717) is 25.6 Å². The van der Waals surface area contributed by atoms with E-state index in [1.54, 1.807) is 6.07 Å². The Morgan fingerprint density at radius 1 is 1.05 bits per heavy atom. The lowest BCUT2D eigenvalue weighted by atomic mass is 9.72. The van der Waals surface area contributed by atoms with Crippen molar-refractivity contribution in [3.05, 3.63) is 81.5 Å². The average molecular weight is 854 g/mol. The number of carbonyl (C=O) groups excluding carboxylic acids is 1. The average Bonchev–Trinajstić information content (AvgIpc) is 3.92. The maximum Gasteiger partial charge on any atom is 0.268 e. The topological polar surface area (TPSA) is 134 Å². The van der Waals surface area contributed by atoms with Gasteiger partial charge in [0.05, 0.1) is 25.0 Å². The molecular formula is C43H54Cl2N6O6S. The highest BCUT2D eigenvalue weighted by Crippen LogP contribution is 2.43. The van der Waals surface area contributed by atoms with Crippen molar-refractivity contribution in [2.45, 2.75) is 75.8 Å². The van der Waals surface area contributed by atoms with Gasteiger partial charge in [0.25, 0.3) is 15.9 Å². The predicted octanol–water partition coefficient (Wildman–Crippen LogP) is 6.73. The number of allylic oxidation sites excluding steroid dienone is 1. The minimum atomic E-state index is -4.34. The fourth-order valence-electron chi connectivity index (χ4n) is 9.00. The van der Waals surface area contributed by atoms with Gasteiger partial charge in [-0.3, -0.25) is 20.5 Å². The number of hydrogen-bond acceptors (Lipinski definition) is 11. The summed E-state index contributed by atoms with van der Waals surface area (Å²) in [5, 5.41) is 0.788. The van der Waals surface area contributed by atoms with Gasteiger partial charge in [-0.15, -0.1) is 0 Å². The molecule has 0 spiro atoms. The number of rotatable bonds is 12. The molecule has 4 unspecified atom stereocenters. The van der Waals surface area contributed by atoms with Gasteiger partial charge in [0, 0.05) is 80.5 Å². The van der Waals surface area contributed by atoms with Crippen LogP contribution in [-0.4, -0.2) is 95.4 Å². The number of ether oxygens (including phenoxy) is 3. The molecular weight excluding hydrogens is 799 g/mol. The van der Waals surface area contributed by atoms with Crippen LogP contribution < -0.4 is 29.9 Å². The zero-order chi connectivity index (χ0) is 40.4. The summed E-state index contributed by atoms with van der Waals surface area (Å²) in [6, 6.07) is 15.3. The second-order valence-electron chi connectivity index (χ2n) is 17.2. The SMILES string of the molecule is CC1(C)CCC(CN2CCN(c3ccc(C(=O)NS(=O)(=O)c4cnc(OCC5CCOC5)c(Cl)c4)c(OC4CCCC5NNCC54)c3)CC2)=C(c2ccc(Cl)cc2)C1. The normalized spacial score (nSPS) is 25.1. The smallest absolute Gasteiger partial charge is 0.268 e. The fraction of sp³-hybridized carbons (Fsp3) is 0.535. The van der Waals surface area contributed by atoms with Gasteiger partial charge in [0.15, 0.2) is 0 Å². The maximum absolute atomic E-state index is 13.9. The van der Waals surface area contributed by atoms with Gasteiger partial charge >= 0.3 is 0 Å². The molecule has 5 aliphatic rings. The quantitative estimate of drug-likeness (QED) is 0.179. The number of fused-ring (bicyclic) bond motifs is 1. The van der Waals surface area contributed by atoms with E-state index in [-0.39, 0.29) is 50.8 Å². The predicted molar refractivity (Wildman–Crippen MR) is 226 cm³/mol. The first kappa shape index (κ1) is 41.3. The molecule has 2 aliphatic carbocycles. The molecule has 3 N–H and O–H groups in total. The number of halogens is 2. The largest absolute Gasteiger partial charge is 0.489 e. The van der Waals surface area contributed by atoms with Crippen LogP contribution in [0.1, 0.15) is 74.7 Å². The highest BCUT2D eigenvalue weighted by Gasteiger charge is 2.39. The van der Waals surface area contributed by atoms with Crippen LogP contribution in [0, 0.1) is 17.3 Å². The van der Waals surface area contributed by atoms with Gasteiger partial charge in [-0.1, -0.05) is 54.8 Å². The molecule has 0 bridgehead atoms. The molecule has 3 aromatic rings. The zero-order valence-electron chi connectivity index (χ0n) is 33.3. The first-order chi connectivity index (χ1) is 27.9. The number of amides is 1. The molecule has 4 atom stereocenters. The Bertz CT molecular complexity index is 2100. The molecule has 58 heavy (non-hydrogen) atoms. The first-order valence-corrected chi connectivity index (χ1v) is 22.8. The van der Waals surface area contributed by atoms with E-state index in [4.69, 9.17) is 37.4 Å². The van der Waals surface area contributed by atoms with Crippen LogP contribution in [0.3, 0.4) is 0 Å². The van der Waals surface area contributed by atoms with Crippen LogP contribution in [0.25, 0.3) is 5.57 Å². The minimum absolute atomic E-state index is 0.0368. The number of piperazine rings is 1. The molecule has 312 valence electrons. The van der Waals surface area contributed by atoms with E-state index in [1.165, 1.54) is 29.2 Å². The molecule has 4 fully saturated rings. The monoisotopic (exact) mass is 852 g/mol. The molecule has 4 heterocycles. The van der Waals surface area contributed by atoms with Crippen molar-refractivity contribution in [2.75, 3.05) is 64.0 Å². The van der Waals surface area contributed by atoms with E-state index in [1.807, 2.05) is 24.3 Å². The Hall–Kier alpha value is -3.43. The number of nitrogens with one attached hydrogen (secondary N) is 3. The minimum Gasteiger partial charge on any atom is -0.489 e. The summed E-state index contributed by atoms with van der Waals surface area (Å²) in [4.78, 5) is 22.7. The lowest BCUT2D eigenvalue weighted by molar-refractivity contribution is 0.0876. The van der Waals surface area contributed by atoms with Crippen LogP contribution in [0.2, 0.25) is 10.0 Å². The van der Waals surface area contributed by atoms with Crippen LogP contribution in [0.5, 0.6) is 11.6 Å². The molecule has 3 saturated heterocycles. The van der Waals surface area contributed by atoms with Crippen LogP contribution >= 0.6 is 23.2 Å². The number of nitrogens with zero attached hydrogens (tertiary/aromatic N) is 3. The number of benzene rings is 2. The van der Waals surface area contributed by atoms with Crippen molar-refractivity contribution < 1.29 is 27.4 Å². The third-order valence-electron chi connectivity index (χ3n) is 12.4. The van der Waals surface area contributed by atoms with Crippen LogP contribution in [0.4, 0.5) is 5.69 Å². The summed E-state index contributed by atoms with van der Waals surface area (Å²) in [6.07, 6.45) is 8.03. The number of sulfonamides is 1. The molecule has 2 aromatic carbocycles.